The van der Waals surface area contributed by atoms with Gasteiger partial charge in [0.1, 0.15) is 23.5 Å². The van der Waals surface area contributed by atoms with Crippen molar-refractivity contribution in [2.75, 3.05) is 17.3 Å². The maximum atomic E-state index is 13.7. The van der Waals surface area contributed by atoms with Crippen LogP contribution in [0.2, 0.25) is 5.02 Å². The van der Waals surface area contributed by atoms with Crippen LogP contribution >= 0.6 is 11.6 Å². The van der Waals surface area contributed by atoms with Gasteiger partial charge in [-0.2, -0.15) is 0 Å². The Labute approximate surface area is 218 Å². The van der Waals surface area contributed by atoms with Crippen LogP contribution in [-0.4, -0.2) is 38.1 Å². The zero-order valence-electron chi connectivity index (χ0n) is 20.3. The highest BCUT2D eigenvalue weighted by Crippen LogP contribution is 2.33. The highest BCUT2D eigenvalue weighted by molar-refractivity contribution is 6.35. The van der Waals surface area contributed by atoms with Gasteiger partial charge in [-0.15, -0.1) is 0 Å². The zero-order chi connectivity index (χ0) is 25.5. The number of allylic oxidation sites excluding steroid dienone is 4. The summed E-state index contributed by atoms with van der Waals surface area (Å²) in [5.41, 5.74) is 7.35. The summed E-state index contributed by atoms with van der Waals surface area (Å²) < 4.78 is 1.58. The Morgan fingerprint density at radius 3 is 2.84 bits per heavy atom. The molecule has 1 aromatic carbocycles. The largest absolute Gasteiger partial charge is 0.361 e. The van der Waals surface area contributed by atoms with Crippen LogP contribution in [0, 0.1) is 0 Å². The quantitative estimate of drug-likeness (QED) is 0.462. The van der Waals surface area contributed by atoms with Crippen LogP contribution < -0.4 is 16.2 Å². The first kappa shape index (κ1) is 23.3. The first-order valence-corrected chi connectivity index (χ1v) is 12.8. The Hall–Kier alpha value is -4.09. The molecule has 1 fully saturated rings. The van der Waals surface area contributed by atoms with Crippen molar-refractivity contribution in [1.29, 1.82) is 0 Å². The average Bonchev–Trinajstić information content (AvgIpc) is 3.44. The molecule has 3 aromatic rings. The van der Waals surface area contributed by atoms with Gasteiger partial charge in [-0.3, -0.25) is 14.2 Å². The second kappa shape index (κ2) is 9.41. The molecule has 1 atom stereocenters. The number of nitrogens with zero attached hydrogens (tertiary/aromatic N) is 4. The minimum atomic E-state index is -0.404. The Morgan fingerprint density at radius 2 is 2.05 bits per heavy atom. The number of benzene rings is 1. The molecule has 0 saturated heterocycles. The van der Waals surface area contributed by atoms with Crippen molar-refractivity contribution >= 4 is 45.6 Å². The van der Waals surface area contributed by atoms with E-state index in [1.54, 1.807) is 28.9 Å². The summed E-state index contributed by atoms with van der Waals surface area (Å²) in [5.74, 6) is 0.855. The van der Waals surface area contributed by atoms with Crippen molar-refractivity contribution in [3.05, 3.63) is 86.9 Å². The molecule has 2 aliphatic carbocycles. The van der Waals surface area contributed by atoms with Crippen LogP contribution in [0.25, 0.3) is 16.5 Å². The molecule has 3 heterocycles. The molecular weight excluding hydrogens is 488 g/mol. The van der Waals surface area contributed by atoms with E-state index in [4.69, 9.17) is 11.6 Å². The second-order valence-corrected chi connectivity index (χ2v) is 9.86. The molecule has 6 rings (SSSR count). The number of carbonyl (C=O) groups is 1. The molecule has 9 heteroatoms. The molecule has 0 radical (unpaired) electrons. The lowest BCUT2D eigenvalue weighted by Gasteiger charge is -2.34. The summed E-state index contributed by atoms with van der Waals surface area (Å²) in [6.07, 6.45) is 11.0. The minimum absolute atomic E-state index is 0.0790. The molecule has 8 nitrogen and oxygen atoms in total. The predicted molar refractivity (Wildman–Crippen MR) is 145 cm³/mol. The van der Waals surface area contributed by atoms with Crippen molar-refractivity contribution in [3.63, 3.8) is 0 Å². The smallest absolute Gasteiger partial charge is 0.265 e. The van der Waals surface area contributed by atoms with E-state index in [-0.39, 0.29) is 17.5 Å². The predicted octanol–water partition coefficient (Wildman–Crippen LogP) is 5.11. The van der Waals surface area contributed by atoms with Gasteiger partial charge < -0.3 is 15.5 Å². The van der Waals surface area contributed by atoms with E-state index in [0.29, 0.717) is 45.7 Å². The third kappa shape index (κ3) is 4.05. The fourth-order valence-electron chi connectivity index (χ4n) is 5.38. The van der Waals surface area contributed by atoms with Gasteiger partial charge in [0.25, 0.3) is 11.5 Å². The Bertz CT molecular complexity index is 1620. The van der Waals surface area contributed by atoms with E-state index in [9.17, 15) is 9.59 Å². The van der Waals surface area contributed by atoms with Crippen molar-refractivity contribution in [1.82, 2.24) is 19.4 Å². The summed E-state index contributed by atoms with van der Waals surface area (Å²) in [6, 6.07) is 7.14. The summed E-state index contributed by atoms with van der Waals surface area (Å²) >= 11 is 6.43. The number of hydrogen-bond acceptors (Lipinski definition) is 6. The van der Waals surface area contributed by atoms with Crippen molar-refractivity contribution in [2.45, 2.75) is 44.7 Å². The molecule has 3 aliphatic rings. The van der Waals surface area contributed by atoms with Crippen molar-refractivity contribution < 1.29 is 4.79 Å². The number of fused-ring (bicyclic) bond motifs is 2. The maximum absolute atomic E-state index is 13.7. The molecule has 0 spiro atoms. The van der Waals surface area contributed by atoms with Gasteiger partial charge in [-0.1, -0.05) is 48.4 Å². The standard InChI is InChI=1S/C28H25ClN6O2/c1-17(33-26-24-25(30-15-31-26)32-16-34(27(24)36)19-9-5-6-10-19)22-14-18-8-7-13-21(29)23(18)28(37)35(22)20-11-3-2-4-12-20/h2-3,7-8,11,13-15,17,19H,5-6,9-10,16H2,1H3,(H2,30,31,32,33)/t17-/m0/s1. The molecule has 0 unspecified atom stereocenters. The van der Waals surface area contributed by atoms with E-state index < -0.39 is 6.04 Å². The van der Waals surface area contributed by atoms with Gasteiger partial charge >= 0.3 is 0 Å². The lowest BCUT2D eigenvalue weighted by molar-refractivity contribution is 0.0686. The zero-order valence-corrected chi connectivity index (χ0v) is 21.0. The third-order valence-electron chi connectivity index (χ3n) is 7.20. The summed E-state index contributed by atoms with van der Waals surface area (Å²) in [6.45, 7) is 2.37. The fraction of sp³-hybridized carbons (Fsp3) is 0.286. The minimum Gasteiger partial charge on any atom is -0.361 e. The van der Waals surface area contributed by atoms with Gasteiger partial charge in [-0.25, -0.2) is 9.97 Å². The van der Waals surface area contributed by atoms with Crippen LogP contribution in [0.3, 0.4) is 0 Å². The number of nitrogens with one attached hydrogen (secondary N) is 2. The van der Waals surface area contributed by atoms with E-state index >= 15 is 0 Å². The Morgan fingerprint density at radius 1 is 1.22 bits per heavy atom. The monoisotopic (exact) mass is 512 g/mol. The SMILES string of the molecule is C[C@H](Nc1ncnc2c1C(=O)N(C1CCCC1)CN2)c1cc2cccc(Cl)c2c(=O)n1C1=C=C=CC=C1. The molecule has 37 heavy (non-hydrogen) atoms. The molecular formula is C28H25ClN6O2. The van der Waals surface area contributed by atoms with Crippen molar-refractivity contribution in [2.24, 2.45) is 0 Å². The van der Waals surface area contributed by atoms with Gasteiger partial charge in [-0.05, 0) is 55.2 Å². The summed E-state index contributed by atoms with van der Waals surface area (Å²) in [4.78, 5) is 37.9. The molecule has 0 bridgehead atoms. The molecule has 2 N–H and O–H groups in total. The highest BCUT2D eigenvalue weighted by Gasteiger charge is 2.35. The fourth-order valence-corrected chi connectivity index (χ4v) is 5.64. The molecule has 186 valence electrons. The normalized spacial score (nSPS) is 17.6. The number of rotatable bonds is 5. The number of carbonyl (C=O) groups excluding carboxylic acids is 1. The van der Waals surface area contributed by atoms with Gasteiger partial charge in [0.15, 0.2) is 0 Å². The van der Waals surface area contributed by atoms with Crippen LogP contribution in [0.5, 0.6) is 0 Å². The summed E-state index contributed by atoms with van der Waals surface area (Å²) in [7, 11) is 0. The number of anilines is 2. The number of hydrogen-bond donors (Lipinski definition) is 2. The molecule has 1 aliphatic heterocycles. The first-order chi connectivity index (χ1) is 18.0. The van der Waals surface area contributed by atoms with E-state index in [1.165, 1.54) is 6.33 Å². The topological polar surface area (TPSA) is 92.2 Å². The molecule has 2 aromatic heterocycles. The number of pyridine rings is 1. The Balaban J connectivity index is 1.44. The van der Waals surface area contributed by atoms with E-state index in [0.717, 1.165) is 31.1 Å². The number of amides is 1. The summed E-state index contributed by atoms with van der Waals surface area (Å²) in [5, 5.41) is 8.22. The molecule has 1 saturated carbocycles. The maximum Gasteiger partial charge on any atom is 0.265 e. The van der Waals surface area contributed by atoms with Crippen LogP contribution in [0.15, 0.2) is 65.1 Å². The van der Waals surface area contributed by atoms with Crippen molar-refractivity contribution in [3.8, 4) is 0 Å². The third-order valence-corrected chi connectivity index (χ3v) is 7.52. The van der Waals surface area contributed by atoms with Crippen LogP contribution in [-0.2, 0) is 0 Å². The van der Waals surface area contributed by atoms with Crippen LogP contribution in [0.4, 0.5) is 11.6 Å². The van der Waals surface area contributed by atoms with Gasteiger partial charge in [0, 0.05) is 11.7 Å². The number of halogens is 1. The van der Waals surface area contributed by atoms with Gasteiger partial charge in [0.05, 0.1) is 28.8 Å². The lowest BCUT2D eigenvalue weighted by atomic mass is 10.1. The average molecular weight is 513 g/mol. The van der Waals surface area contributed by atoms with Crippen LogP contribution in [0.1, 0.15) is 54.7 Å². The van der Waals surface area contributed by atoms with Gasteiger partial charge in [0.2, 0.25) is 0 Å². The molecule has 1 amide bonds. The van der Waals surface area contributed by atoms with E-state index in [2.05, 4.69) is 32.1 Å². The lowest BCUT2D eigenvalue weighted by Crippen LogP contribution is -2.46. The first-order valence-electron chi connectivity index (χ1n) is 12.4. The second-order valence-electron chi connectivity index (χ2n) is 9.45. The Kier molecular flexibility index (Phi) is 5.93. The van der Waals surface area contributed by atoms with E-state index in [1.807, 2.05) is 30.0 Å². The number of aromatic nitrogens is 3. The highest BCUT2D eigenvalue weighted by atomic mass is 35.5.